The molecule has 0 bridgehead atoms. The first kappa shape index (κ1) is 18.8. The number of pyridine rings is 1. The van der Waals surface area contributed by atoms with Crippen molar-refractivity contribution in [1.29, 1.82) is 0 Å². The molecule has 126 valence electrons. The number of rotatable bonds is 2. The number of hydrogen-bond donors (Lipinski definition) is 0. The molecule has 0 aliphatic carbocycles. The largest absolute Gasteiger partial charge is 3.00 e. The minimum Gasteiger partial charge on any atom is -0.373 e. The smallest absolute Gasteiger partial charge is 0.373 e. The molecule has 5 nitrogen and oxygen atoms in total. The van der Waals surface area contributed by atoms with E-state index in [0.717, 1.165) is 22.9 Å². The Kier molecular flexibility index (Phi) is 6.80. The van der Waals surface area contributed by atoms with Crippen LogP contribution in [-0.4, -0.2) is 14.8 Å². The zero-order chi connectivity index (χ0) is 16.8. The summed E-state index contributed by atoms with van der Waals surface area (Å²) >= 11 is 0. The van der Waals surface area contributed by atoms with Crippen LogP contribution in [0.5, 0.6) is 0 Å². The van der Waals surface area contributed by atoms with E-state index in [9.17, 15) is 0 Å². The van der Waals surface area contributed by atoms with Crippen molar-refractivity contribution >= 4 is 0 Å². The Balaban J connectivity index is 0.000000173. The van der Waals surface area contributed by atoms with Crippen molar-refractivity contribution < 1.29 is 24.7 Å². The van der Waals surface area contributed by atoms with Gasteiger partial charge in [0.05, 0.1) is 11.6 Å². The van der Waals surface area contributed by atoms with Crippen molar-refractivity contribution in [3.8, 4) is 17.2 Å². The summed E-state index contributed by atoms with van der Waals surface area (Å²) in [5, 5.41) is 4.18. The maximum atomic E-state index is 4.22. The van der Waals surface area contributed by atoms with Gasteiger partial charge in [0.2, 0.25) is 0 Å². The molecule has 0 saturated carbocycles. The summed E-state index contributed by atoms with van der Waals surface area (Å²) in [6.07, 6.45) is 8.42. The molecule has 0 spiro atoms. The van der Waals surface area contributed by atoms with Gasteiger partial charge in [-0.15, -0.1) is 42.0 Å². The maximum Gasteiger partial charge on any atom is 3.00 e. The van der Waals surface area contributed by atoms with E-state index in [1.165, 1.54) is 0 Å². The second kappa shape index (κ2) is 9.06. The Bertz CT molecular complexity index is 884. The summed E-state index contributed by atoms with van der Waals surface area (Å²) in [5.41, 5.74) is 1.98. The van der Waals surface area contributed by atoms with Crippen LogP contribution >= 0.6 is 0 Å². The Hall–Kier alpha value is -2.56. The van der Waals surface area contributed by atoms with Gasteiger partial charge in [0, 0.05) is 25.6 Å². The van der Waals surface area contributed by atoms with E-state index in [0.29, 0.717) is 0 Å². The fourth-order valence-corrected chi connectivity index (χ4v) is 2.12. The number of aryl methyl sites for hydroxylation is 2. The van der Waals surface area contributed by atoms with E-state index in [-0.39, 0.29) is 20.1 Å². The molecule has 0 N–H and O–H groups in total. The van der Waals surface area contributed by atoms with Crippen LogP contribution in [-0.2, 0) is 27.2 Å². The fourth-order valence-electron chi connectivity index (χ4n) is 2.12. The number of imidazole rings is 1. The molecule has 0 atom stereocenters. The number of nitrogens with zero attached hydrogens (tertiary/aromatic N) is 5. The van der Waals surface area contributed by atoms with E-state index in [2.05, 4.69) is 27.3 Å². The molecule has 0 fully saturated rings. The van der Waals surface area contributed by atoms with E-state index in [4.69, 9.17) is 0 Å². The Labute approximate surface area is 160 Å². The summed E-state index contributed by atoms with van der Waals surface area (Å²) in [5.74, 6) is 1.75. The summed E-state index contributed by atoms with van der Waals surface area (Å²) < 4.78 is 3.61. The van der Waals surface area contributed by atoms with Crippen LogP contribution in [0, 0.1) is 19.2 Å². The average molecular weight is 508 g/mol. The fraction of sp³-hybridized carbons (Fsp3) is 0.105. The zero-order valence-corrected chi connectivity index (χ0v) is 16.3. The van der Waals surface area contributed by atoms with Gasteiger partial charge in [-0.1, -0.05) is 25.3 Å². The molecule has 6 heteroatoms. The summed E-state index contributed by atoms with van der Waals surface area (Å²) in [6, 6.07) is 18.5. The van der Waals surface area contributed by atoms with Gasteiger partial charge in [-0.3, -0.25) is 10.1 Å². The number of hydrogen-bond acceptors (Lipinski definition) is 2. The molecular weight excluding hydrogens is 490 g/mol. The molecule has 25 heavy (non-hydrogen) atoms. The molecule has 1 aromatic carbocycles. The van der Waals surface area contributed by atoms with E-state index >= 15 is 0 Å². The van der Waals surface area contributed by atoms with Crippen LogP contribution in [0.25, 0.3) is 17.2 Å². The van der Waals surface area contributed by atoms with E-state index in [1.54, 1.807) is 17.1 Å². The molecule has 3 aromatic heterocycles. The minimum atomic E-state index is 0. The third-order valence-corrected chi connectivity index (χ3v) is 3.29. The van der Waals surface area contributed by atoms with E-state index in [1.807, 2.05) is 73.3 Å². The molecule has 0 aliphatic rings. The SMILES string of the molecule is C[n+]1cc[n-]c1-c1[c-]cccc1.Cc1c[c-]n(-c2ccccn2)n1.[Ir+3]. The predicted octanol–water partition coefficient (Wildman–Crippen LogP) is 2.31. The molecule has 0 radical (unpaired) electrons. The maximum absolute atomic E-state index is 4.22. The van der Waals surface area contributed by atoms with Crippen molar-refractivity contribution in [2.24, 2.45) is 7.05 Å². The van der Waals surface area contributed by atoms with Crippen LogP contribution in [0.3, 0.4) is 0 Å². The van der Waals surface area contributed by atoms with Gasteiger partial charge in [-0.2, -0.15) is 0 Å². The van der Waals surface area contributed by atoms with Crippen molar-refractivity contribution in [2.75, 3.05) is 0 Å². The molecule has 0 saturated heterocycles. The molecule has 3 heterocycles. The van der Waals surface area contributed by atoms with Crippen LogP contribution < -0.4 is 9.55 Å². The second-order valence-corrected chi connectivity index (χ2v) is 5.15. The van der Waals surface area contributed by atoms with Gasteiger partial charge in [0.25, 0.3) is 0 Å². The van der Waals surface area contributed by atoms with Gasteiger partial charge < -0.3 is 14.2 Å². The third kappa shape index (κ3) is 4.95. The minimum absolute atomic E-state index is 0. The number of aromatic nitrogens is 5. The van der Waals surface area contributed by atoms with Gasteiger partial charge >= 0.3 is 20.1 Å². The number of benzene rings is 1. The molecule has 4 rings (SSSR count). The quantitative estimate of drug-likeness (QED) is 0.309. The average Bonchev–Trinajstić information content (AvgIpc) is 3.25. The first-order valence-corrected chi connectivity index (χ1v) is 7.54. The van der Waals surface area contributed by atoms with Crippen molar-refractivity contribution in [3.05, 3.63) is 85.1 Å². The van der Waals surface area contributed by atoms with Gasteiger partial charge in [-0.25, -0.2) is 0 Å². The monoisotopic (exact) mass is 508 g/mol. The molecular formula is C19H17IrN5+. The van der Waals surface area contributed by atoms with Crippen LogP contribution in [0.4, 0.5) is 0 Å². The molecule has 0 aliphatic heterocycles. The van der Waals surface area contributed by atoms with Crippen molar-refractivity contribution in [2.45, 2.75) is 6.92 Å². The first-order chi connectivity index (χ1) is 11.7. The Morgan fingerprint density at radius 2 is 2.00 bits per heavy atom. The summed E-state index contributed by atoms with van der Waals surface area (Å²) in [4.78, 5) is 8.35. The zero-order valence-electron chi connectivity index (χ0n) is 13.9. The second-order valence-electron chi connectivity index (χ2n) is 5.15. The first-order valence-electron chi connectivity index (χ1n) is 7.54. The third-order valence-electron chi connectivity index (χ3n) is 3.29. The summed E-state index contributed by atoms with van der Waals surface area (Å²) in [7, 11) is 1.98. The molecule has 0 amide bonds. The van der Waals surface area contributed by atoms with Gasteiger partial charge in [0.1, 0.15) is 0 Å². The van der Waals surface area contributed by atoms with Crippen LogP contribution in [0.2, 0.25) is 0 Å². The standard InChI is InChI=1S/C10H9N2.C9H8N3.Ir/c1-12-8-7-11-10(12)9-5-3-2-4-6-9;1-8-5-7-12(11-8)9-4-2-3-6-10-9;/h2-5,7-8H,1H3;2-6H,1H3;/q2*-1;+3. The van der Waals surface area contributed by atoms with Crippen molar-refractivity contribution in [1.82, 2.24) is 19.7 Å². The topological polar surface area (TPSA) is 48.7 Å². The molecule has 4 aromatic rings. The normalized spacial score (nSPS) is 9.68. The van der Waals surface area contributed by atoms with Gasteiger partial charge in [0.15, 0.2) is 0 Å². The van der Waals surface area contributed by atoms with Crippen LogP contribution in [0.15, 0.2) is 67.1 Å². The Morgan fingerprint density at radius 3 is 2.56 bits per heavy atom. The predicted molar refractivity (Wildman–Crippen MR) is 90.1 cm³/mol. The van der Waals surface area contributed by atoms with Gasteiger partial charge in [-0.05, 0) is 11.8 Å². The Morgan fingerprint density at radius 1 is 1.16 bits per heavy atom. The molecule has 0 unspecified atom stereocenters. The van der Waals surface area contributed by atoms with Crippen molar-refractivity contribution in [3.63, 3.8) is 0 Å². The van der Waals surface area contributed by atoms with Crippen LogP contribution in [0.1, 0.15) is 5.69 Å². The van der Waals surface area contributed by atoms with E-state index < -0.39 is 0 Å². The summed E-state index contributed by atoms with van der Waals surface area (Å²) in [6.45, 7) is 1.93.